The molecule has 0 aliphatic rings. The van der Waals surface area contributed by atoms with Crippen molar-refractivity contribution in [2.24, 2.45) is 12.0 Å². The van der Waals surface area contributed by atoms with Gasteiger partial charge < -0.3 is 8.98 Å². The van der Waals surface area contributed by atoms with Crippen LogP contribution in [-0.4, -0.2) is 20.5 Å². The lowest BCUT2D eigenvalue weighted by Crippen LogP contribution is -2.20. The van der Waals surface area contributed by atoms with Gasteiger partial charge in [0.25, 0.3) is 5.56 Å². The highest BCUT2D eigenvalue weighted by atomic mass is 32.1. The minimum Gasteiger partial charge on any atom is -0.421 e. The molecule has 0 atom stereocenters. The predicted molar refractivity (Wildman–Crippen MR) is 106 cm³/mol. The van der Waals surface area contributed by atoms with E-state index in [0.717, 1.165) is 15.4 Å². The van der Waals surface area contributed by atoms with Gasteiger partial charge in [0.05, 0.1) is 23.0 Å². The minimum atomic E-state index is -0.518. The molecular formula is C19H16N4O3S. The van der Waals surface area contributed by atoms with Crippen LogP contribution in [0.2, 0.25) is 0 Å². The van der Waals surface area contributed by atoms with Crippen molar-refractivity contribution in [3.8, 4) is 0 Å². The van der Waals surface area contributed by atoms with Crippen LogP contribution in [0.5, 0.6) is 0 Å². The first-order valence-electron chi connectivity index (χ1n) is 8.31. The summed E-state index contributed by atoms with van der Waals surface area (Å²) >= 11 is 1.45. The fourth-order valence-electron chi connectivity index (χ4n) is 3.00. The van der Waals surface area contributed by atoms with Crippen LogP contribution in [0.3, 0.4) is 0 Å². The maximum atomic E-state index is 12.8. The highest BCUT2D eigenvalue weighted by molar-refractivity contribution is 7.11. The minimum absolute atomic E-state index is 0.221. The second-order valence-corrected chi connectivity index (χ2v) is 7.45. The quantitative estimate of drug-likeness (QED) is 0.403. The Morgan fingerprint density at radius 3 is 2.74 bits per heavy atom. The SMILES string of the molecule is CC(=NCc1nnc(C)s1)c1cc2c(=O)n(C)c3ccccc3c2oc1=O. The van der Waals surface area contributed by atoms with Gasteiger partial charge in [0.1, 0.15) is 10.0 Å². The maximum Gasteiger partial charge on any atom is 0.345 e. The van der Waals surface area contributed by atoms with Crippen molar-refractivity contribution >= 4 is 38.9 Å². The van der Waals surface area contributed by atoms with E-state index in [9.17, 15) is 9.59 Å². The molecule has 0 N–H and O–H groups in total. The first-order chi connectivity index (χ1) is 13.0. The molecule has 3 heterocycles. The molecule has 8 heteroatoms. The largest absolute Gasteiger partial charge is 0.421 e. The molecule has 0 unspecified atom stereocenters. The first-order valence-corrected chi connectivity index (χ1v) is 9.13. The van der Waals surface area contributed by atoms with Crippen molar-refractivity contribution in [1.82, 2.24) is 14.8 Å². The Kier molecular flexibility index (Phi) is 4.19. The molecule has 0 radical (unpaired) electrons. The molecule has 0 fully saturated rings. The van der Waals surface area contributed by atoms with Crippen LogP contribution in [-0.2, 0) is 13.6 Å². The third-order valence-corrected chi connectivity index (χ3v) is 5.23. The molecule has 0 amide bonds. The summed E-state index contributed by atoms with van der Waals surface area (Å²) in [6, 6.07) is 8.91. The summed E-state index contributed by atoms with van der Waals surface area (Å²) in [5.41, 5.74) is 1.04. The lowest BCUT2D eigenvalue weighted by Gasteiger charge is -2.08. The summed E-state index contributed by atoms with van der Waals surface area (Å²) in [5, 5.41) is 10.7. The molecular weight excluding hydrogens is 364 g/mol. The second kappa shape index (κ2) is 6.55. The zero-order chi connectivity index (χ0) is 19.1. The van der Waals surface area contributed by atoms with Crippen molar-refractivity contribution in [1.29, 1.82) is 0 Å². The monoisotopic (exact) mass is 380 g/mol. The molecule has 3 aromatic heterocycles. The van der Waals surface area contributed by atoms with Gasteiger partial charge in [-0.05, 0) is 32.0 Å². The number of hydrogen-bond donors (Lipinski definition) is 0. The Bertz CT molecular complexity index is 1330. The fraction of sp³-hybridized carbons (Fsp3) is 0.211. The Labute approximate surface area is 157 Å². The first kappa shape index (κ1) is 17.3. The number of fused-ring (bicyclic) bond motifs is 3. The molecule has 136 valence electrons. The van der Waals surface area contributed by atoms with Crippen LogP contribution in [0.25, 0.3) is 21.9 Å². The van der Waals surface area contributed by atoms with Crippen LogP contribution in [0.4, 0.5) is 0 Å². The number of para-hydroxylation sites is 1. The van der Waals surface area contributed by atoms with Crippen LogP contribution in [0, 0.1) is 6.92 Å². The van der Waals surface area contributed by atoms with Gasteiger partial charge in [0.15, 0.2) is 5.58 Å². The zero-order valence-corrected chi connectivity index (χ0v) is 15.8. The Morgan fingerprint density at radius 2 is 2.00 bits per heavy atom. The van der Waals surface area contributed by atoms with E-state index >= 15 is 0 Å². The normalized spacial score (nSPS) is 12.2. The van der Waals surface area contributed by atoms with E-state index in [-0.39, 0.29) is 11.1 Å². The van der Waals surface area contributed by atoms with E-state index in [2.05, 4.69) is 15.2 Å². The number of aryl methyl sites for hydroxylation is 2. The van der Waals surface area contributed by atoms with Gasteiger partial charge in [-0.1, -0.05) is 23.5 Å². The number of pyridine rings is 1. The van der Waals surface area contributed by atoms with Crippen LogP contribution < -0.4 is 11.2 Å². The fourth-order valence-corrected chi connectivity index (χ4v) is 3.64. The number of aliphatic imine (C=N–C) groups is 1. The number of benzene rings is 1. The highest BCUT2D eigenvalue weighted by Crippen LogP contribution is 2.22. The summed E-state index contributed by atoms with van der Waals surface area (Å²) in [6.07, 6.45) is 0. The lowest BCUT2D eigenvalue weighted by molar-refractivity contribution is 0.561. The van der Waals surface area contributed by atoms with Crippen molar-refractivity contribution in [2.75, 3.05) is 0 Å². The molecule has 0 aliphatic carbocycles. The zero-order valence-electron chi connectivity index (χ0n) is 15.0. The predicted octanol–water partition coefficient (Wildman–Crippen LogP) is 2.81. The highest BCUT2D eigenvalue weighted by Gasteiger charge is 2.15. The van der Waals surface area contributed by atoms with E-state index in [1.807, 2.05) is 31.2 Å². The van der Waals surface area contributed by atoms with E-state index in [0.29, 0.717) is 28.7 Å². The van der Waals surface area contributed by atoms with E-state index < -0.39 is 5.63 Å². The van der Waals surface area contributed by atoms with Crippen molar-refractivity contribution in [3.05, 3.63) is 66.7 Å². The molecule has 27 heavy (non-hydrogen) atoms. The Balaban J connectivity index is 1.89. The van der Waals surface area contributed by atoms with Crippen molar-refractivity contribution in [2.45, 2.75) is 20.4 Å². The summed E-state index contributed by atoms with van der Waals surface area (Å²) in [5.74, 6) is 0. The molecule has 4 rings (SSSR count). The molecule has 7 nitrogen and oxygen atoms in total. The molecule has 0 aliphatic heterocycles. The van der Waals surface area contributed by atoms with Gasteiger partial charge in [-0.15, -0.1) is 10.2 Å². The standard InChI is InChI=1S/C19H16N4O3S/c1-10(20-9-16-22-21-11(2)27-16)13-8-14-17(26-19(13)25)12-6-4-5-7-15(12)23(3)18(14)24/h4-8H,9H2,1-3H3. The van der Waals surface area contributed by atoms with Gasteiger partial charge in [0.2, 0.25) is 0 Å². The second-order valence-electron chi connectivity index (χ2n) is 6.19. The van der Waals surface area contributed by atoms with Gasteiger partial charge in [-0.3, -0.25) is 9.79 Å². The lowest BCUT2D eigenvalue weighted by atomic mass is 10.1. The van der Waals surface area contributed by atoms with Crippen LogP contribution in [0.15, 0.2) is 49.3 Å². The molecule has 0 saturated heterocycles. The number of nitrogens with zero attached hydrogens (tertiary/aromatic N) is 4. The number of rotatable bonds is 3. The summed E-state index contributed by atoms with van der Waals surface area (Å²) in [7, 11) is 1.70. The number of hydrogen-bond acceptors (Lipinski definition) is 7. The van der Waals surface area contributed by atoms with Gasteiger partial charge >= 0.3 is 5.63 Å². The molecule has 1 aromatic carbocycles. The van der Waals surface area contributed by atoms with Gasteiger partial charge in [-0.25, -0.2) is 4.79 Å². The van der Waals surface area contributed by atoms with E-state index in [4.69, 9.17) is 4.42 Å². The maximum absolute atomic E-state index is 12.8. The topological polar surface area (TPSA) is 90.3 Å². The van der Waals surface area contributed by atoms with Crippen LogP contribution in [0.1, 0.15) is 22.5 Å². The average molecular weight is 380 g/mol. The Morgan fingerprint density at radius 1 is 1.22 bits per heavy atom. The molecule has 4 aromatic rings. The smallest absolute Gasteiger partial charge is 0.345 e. The molecule has 0 bridgehead atoms. The third kappa shape index (κ3) is 2.97. The summed E-state index contributed by atoms with van der Waals surface area (Å²) in [6.45, 7) is 3.91. The van der Waals surface area contributed by atoms with E-state index in [1.54, 1.807) is 24.6 Å². The van der Waals surface area contributed by atoms with Crippen molar-refractivity contribution in [3.63, 3.8) is 0 Å². The molecule has 0 saturated carbocycles. The summed E-state index contributed by atoms with van der Waals surface area (Å²) < 4.78 is 7.10. The number of aromatic nitrogens is 3. The third-order valence-electron chi connectivity index (χ3n) is 4.40. The molecule has 0 spiro atoms. The average Bonchev–Trinajstić information content (AvgIpc) is 3.09. The van der Waals surface area contributed by atoms with Gasteiger partial charge in [-0.2, -0.15) is 0 Å². The Hall–Kier alpha value is -3.13. The van der Waals surface area contributed by atoms with Gasteiger partial charge in [0, 0.05) is 18.1 Å². The van der Waals surface area contributed by atoms with Crippen molar-refractivity contribution < 1.29 is 4.42 Å². The van der Waals surface area contributed by atoms with Crippen LogP contribution >= 0.6 is 11.3 Å². The van der Waals surface area contributed by atoms with E-state index in [1.165, 1.54) is 11.3 Å². The summed E-state index contributed by atoms with van der Waals surface area (Å²) in [4.78, 5) is 29.7.